The minimum Gasteiger partial charge on any atom is -0.341 e. The molecule has 1 atom stereocenters. The van der Waals surface area contributed by atoms with Gasteiger partial charge in [0.05, 0.1) is 4.90 Å². The number of halogens is 2. The second kappa shape index (κ2) is 6.99. The highest BCUT2D eigenvalue weighted by atomic mass is 35.7. The fraction of sp³-hybridized carbons (Fsp3) is 0.500. The topological polar surface area (TPSA) is 54.5 Å². The zero-order valence-electron chi connectivity index (χ0n) is 12.5. The molecule has 0 fully saturated rings. The van der Waals surface area contributed by atoms with E-state index in [-0.39, 0.29) is 21.4 Å². The Hall–Kier alpha value is -0.780. The van der Waals surface area contributed by atoms with Gasteiger partial charge in [0.15, 0.2) is 0 Å². The van der Waals surface area contributed by atoms with E-state index < -0.39 is 9.05 Å². The molecular weight excluding hydrogens is 333 g/mol. The zero-order chi connectivity index (χ0) is 16.4. The van der Waals surface area contributed by atoms with E-state index >= 15 is 0 Å². The van der Waals surface area contributed by atoms with E-state index in [9.17, 15) is 13.2 Å². The Labute approximate surface area is 135 Å². The van der Waals surface area contributed by atoms with Crippen LogP contribution in [0.3, 0.4) is 0 Å². The van der Waals surface area contributed by atoms with Crippen LogP contribution in [0.5, 0.6) is 0 Å². The van der Waals surface area contributed by atoms with Crippen molar-refractivity contribution in [2.45, 2.75) is 32.1 Å². The molecule has 0 heterocycles. The Kier molecular flexibility index (Phi) is 6.08. The number of hydrogen-bond donors (Lipinski definition) is 0. The first-order chi connectivity index (χ1) is 9.57. The van der Waals surface area contributed by atoms with E-state index in [0.29, 0.717) is 18.0 Å². The second-order valence-electron chi connectivity index (χ2n) is 5.21. The van der Waals surface area contributed by atoms with Crippen molar-refractivity contribution < 1.29 is 13.2 Å². The van der Waals surface area contributed by atoms with Gasteiger partial charge in [-0.1, -0.05) is 31.9 Å². The number of benzene rings is 1. The largest absolute Gasteiger partial charge is 0.341 e. The van der Waals surface area contributed by atoms with Crippen molar-refractivity contribution in [2.24, 2.45) is 5.92 Å². The molecule has 0 spiro atoms. The number of nitrogens with zero attached hydrogens (tertiary/aromatic N) is 1. The number of carbonyl (C=O) groups is 1. The first-order valence-electron chi connectivity index (χ1n) is 6.58. The van der Waals surface area contributed by atoms with Crippen molar-refractivity contribution in [2.75, 3.05) is 13.6 Å². The standard InChI is InChI=1S/C14H19Cl2NO3S/c1-5-9(2)8-17(4)14(18)12-6-11(21(16,19)20)7-13(15)10(12)3/h6-7,9H,5,8H2,1-4H3. The maximum absolute atomic E-state index is 12.5. The van der Waals surface area contributed by atoms with Gasteiger partial charge in [0.2, 0.25) is 0 Å². The van der Waals surface area contributed by atoms with Gasteiger partial charge >= 0.3 is 0 Å². The van der Waals surface area contributed by atoms with E-state index in [1.165, 1.54) is 12.1 Å². The molecule has 0 N–H and O–H groups in total. The molecule has 0 radical (unpaired) electrons. The van der Waals surface area contributed by atoms with Crippen LogP contribution in [0.25, 0.3) is 0 Å². The zero-order valence-corrected chi connectivity index (χ0v) is 14.8. The van der Waals surface area contributed by atoms with Gasteiger partial charge in [-0.25, -0.2) is 8.42 Å². The van der Waals surface area contributed by atoms with Crippen molar-refractivity contribution in [3.8, 4) is 0 Å². The van der Waals surface area contributed by atoms with Gasteiger partial charge in [0, 0.05) is 34.9 Å². The smallest absolute Gasteiger partial charge is 0.261 e. The second-order valence-corrected chi connectivity index (χ2v) is 8.19. The van der Waals surface area contributed by atoms with Crippen molar-refractivity contribution in [3.63, 3.8) is 0 Å². The lowest BCUT2D eigenvalue weighted by molar-refractivity contribution is 0.0774. The summed E-state index contributed by atoms with van der Waals surface area (Å²) in [5.41, 5.74) is 0.800. The quantitative estimate of drug-likeness (QED) is 0.760. The predicted octanol–water partition coefficient (Wildman–Crippen LogP) is 3.69. The third-order valence-electron chi connectivity index (χ3n) is 3.46. The maximum Gasteiger partial charge on any atom is 0.261 e. The summed E-state index contributed by atoms with van der Waals surface area (Å²) >= 11 is 6.01. The lowest BCUT2D eigenvalue weighted by atomic mass is 10.1. The van der Waals surface area contributed by atoms with Gasteiger partial charge < -0.3 is 4.90 Å². The molecule has 0 saturated carbocycles. The molecule has 0 aromatic heterocycles. The Morgan fingerprint density at radius 3 is 2.43 bits per heavy atom. The van der Waals surface area contributed by atoms with Crippen LogP contribution in [-0.4, -0.2) is 32.8 Å². The summed E-state index contributed by atoms with van der Waals surface area (Å²) in [4.78, 5) is 13.9. The third-order valence-corrected chi connectivity index (χ3v) is 5.18. The number of rotatable bonds is 5. The first kappa shape index (κ1) is 18.3. The predicted molar refractivity (Wildman–Crippen MR) is 85.6 cm³/mol. The summed E-state index contributed by atoms with van der Waals surface area (Å²) in [7, 11) is 3.08. The summed E-state index contributed by atoms with van der Waals surface area (Å²) in [6.45, 7) is 6.36. The minimum absolute atomic E-state index is 0.167. The Morgan fingerprint density at radius 1 is 1.38 bits per heavy atom. The van der Waals surface area contributed by atoms with Crippen molar-refractivity contribution >= 4 is 37.2 Å². The summed E-state index contributed by atoms with van der Waals surface area (Å²) in [5, 5.41) is 0.206. The maximum atomic E-state index is 12.5. The van der Waals surface area contributed by atoms with Crippen molar-refractivity contribution in [1.29, 1.82) is 0 Å². The number of amides is 1. The van der Waals surface area contributed by atoms with Crippen LogP contribution < -0.4 is 0 Å². The van der Waals surface area contributed by atoms with Gasteiger partial charge in [-0.15, -0.1) is 0 Å². The molecular formula is C14H19Cl2NO3S. The summed E-state index contributed by atoms with van der Waals surface area (Å²) in [6.07, 6.45) is 0.952. The van der Waals surface area contributed by atoms with Crippen LogP contribution >= 0.6 is 22.3 Å². The molecule has 0 aliphatic carbocycles. The third kappa shape index (κ3) is 4.59. The molecule has 0 saturated heterocycles. The van der Waals surface area contributed by atoms with Gasteiger partial charge in [-0.3, -0.25) is 4.79 Å². The van der Waals surface area contributed by atoms with Crippen LogP contribution in [0.4, 0.5) is 0 Å². The SMILES string of the molecule is CCC(C)CN(C)C(=O)c1cc(S(=O)(=O)Cl)cc(Cl)c1C. The molecule has 118 valence electrons. The Bertz CT molecular complexity index is 644. The van der Waals surface area contributed by atoms with E-state index in [1.54, 1.807) is 18.9 Å². The molecule has 1 rings (SSSR count). The normalized spacial score (nSPS) is 13.0. The molecule has 4 nitrogen and oxygen atoms in total. The molecule has 0 bridgehead atoms. The van der Waals surface area contributed by atoms with Crippen LogP contribution in [0.1, 0.15) is 36.2 Å². The Morgan fingerprint density at radius 2 is 1.95 bits per heavy atom. The van der Waals surface area contributed by atoms with Gasteiger partial charge in [-0.2, -0.15) is 0 Å². The highest BCUT2D eigenvalue weighted by molar-refractivity contribution is 8.13. The van der Waals surface area contributed by atoms with Crippen LogP contribution in [0.15, 0.2) is 17.0 Å². The number of hydrogen-bond acceptors (Lipinski definition) is 3. The molecule has 7 heteroatoms. The van der Waals surface area contributed by atoms with Crippen LogP contribution in [-0.2, 0) is 9.05 Å². The lowest BCUT2D eigenvalue weighted by Gasteiger charge is -2.22. The summed E-state index contributed by atoms with van der Waals surface area (Å²) in [6, 6.07) is 2.53. The number of carbonyl (C=O) groups excluding carboxylic acids is 1. The highest BCUT2D eigenvalue weighted by Crippen LogP contribution is 2.27. The van der Waals surface area contributed by atoms with Gasteiger partial charge in [0.25, 0.3) is 15.0 Å². The molecule has 1 unspecified atom stereocenters. The fourth-order valence-electron chi connectivity index (χ4n) is 1.90. The van der Waals surface area contributed by atoms with Crippen molar-refractivity contribution in [1.82, 2.24) is 4.90 Å². The molecule has 1 aromatic rings. The molecule has 21 heavy (non-hydrogen) atoms. The average molecular weight is 352 g/mol. The average Bonchev–Trinajstić information content (AvgIpc) is 2.39. The van der Waals surface area contributed by atoms with E-state index in [0.717, 1.165) is 6.42 Å². The highest BCUT2D eigenvalue weighted by Gasteiger charge is 2.21. The van der Waals surface area contributed by atoms with Gasteiger partial charge in [0.1, 0.15) is 0 Å². The first-order valence-corrected chi connectivity index (χ1v) is 9.26. The summed E-state index contributed by atoms with van der Waals surface area (Å²) < 4.78 is 22.9. The molecule has 0 aliphatic heterocycles. The van der Waals surface area contributed by atoms with E-state index in [2.05, 4.69) is 0 Å². The fourth-order valence-corrected chi connectivity index (χ4v) is 2.97. The lowest BCUT2D eigenvalue weighted by Crippen LogP contribution is -2.31. The van der Waals surface area contributed by atoms with E-state index in [4.69, 9.17) is 22.3 Å². The van der Waals surface area contributed by atoms with Crippen LogP contribution in [0, 0.1) is 12.8 Å². The van der Waals surface area contributed by atoms with Crippen molar-refractivity contribution in [3.05, 3.63) is 28.3 Å². The molecule has 1 aromatic carbocycles. The molecule has 0 aliphatic rings. The Balaban J connectivity index is 3.23. The molecule has 1 amide bonds. The van der Waals surface area contributed by atoms with E-state index in [1.807, 2.05) is 13.8 Å². The minimum atomic E-state index is -3.93. The van der Waals surface area contributed by atoms with Crippen LogP contribution in [0.2, 0.25) is 5.02 Å². The van der Waals surface area contributed by atoms with Gasteiger partial charge in [-0.05, 0) is 30.5 Å². The monoisotopic (exact) mass is 351 g/mol. The summed E-state index contributed by atoms with van der Waals surface area (Å²) in [5.74, 6) is 0.0894.